The minimum absolute atomic E-state index is 0.0781. The third kappa shape index (κ3) is 7.33. The lowest BCUT2D eigenvalue weighted by Crippen LogP contribution is -2.27. The SMILES string of the molecule is CC(C)(C)OCC(=O)Nc1ccc(OC(F)(F)F)c(Br)c1. The van der Waals surface area contributed by atoms with Crippen LogP contribution in [0.25, 0.3) is 0 Å². The van der Waals surface area contributed by atoms with Gasteiger partial charge in [0.05, 0.1) is 10.1 Å². The normalized spacial score (nSPS) is 12.1. The highest BCUT2D eigenvalue weighted by Gasteiger charge is 2.32. The summed E-state index contributed by atoms with van der Waals surface area (Å²) in [4.78, 5) is 11.6. The number of anilines is 1. The van der Waals surface area contributed by atoms with Crippen molar-refractivity contribution in [1.82, 2.24) is 0 Å². The van der Waals surface area contributed by atoms with Crippen LogP contribution < -0.4 is 10.1 Å². The summed E-state index contributed by atoms with van der Waals surface area (Å²) in [5.74, 6) is -0.784. The lowest BCUT2D eigenvalue weighted by molar-refractivity contribution is -0.274. The van der Waals surface area contributed by atoms with Crippen LogP contribution in [0.5, 0.6) is 5.75 Å². The second-order valence-electron chi connectivity index (χ2n) is 5.14. The molecule has 0 aliphatic heterocycles. The molecule has 0 bridgehead atoms. The van der Waals surface area contributed by atoms with Gasteiger partial charge in [0, 0.05) is 5.69 Å². The molecular weight excluding hydrogens is 355 g/mol. The van der Waals surface area contributed by atoms with Crippen molar-refractivity contribution in [2.45, 2.75) is 32.7 Å². The van der Waals surface area contributed by atoms with Gasteiger partial charge in [0.15, 0.2) is 0 Å². The van der Waals surface area contributed by atoms with Gasteiger partial charge in [-0.15, -0.1) is 13.2 Å². The molecule has 0 radical (unpaired) electrons. The largest absolute Gasteiger partial charge is 0.573 e. The molecule has 1 aromatic rings. The van der Waals surface area contributed by atoms with Crippen molar-refractivity contribution in [3.63, 3.8) is 0 Å². The minimum Gasteiger partial charge on any atom is -0.405 e. The summed E-state index contributed by atoms with van der Waals surface area (Å²) in [7, 11) is 0. The summed E-state index contributed by atoms with van der Waals surface area (Å²) >= 11 is 2.95. The molecule has 1 amide bonds. The first kappa shape index (κ1) is 17.8. The molecule has 118 valence electrons. The van der Waals surface area contributed by atoms with E-state index in [0.717, 1.165) is 6.07 Å². The number of rotatable bonds is 4. The van der Waals surface area contributed by atoms with Crippen LogP contribution in [0.1, 0.15) is 20.8 Å². The maximum atomic E-state index is 12.1. The monoisotopic (exact) mass is 369 g/mol. The molecule has 4 nitrogen and oxygen atoms in total. The first-order chi connectivity index (χ1) is 9.46. The topological polar surface area (TPSA) is 47.6 Å². The fourth-order valence-corrected chi connectivity index (χ4v) is 1.72. The van der Waals surface area contributed by atoms with Gasteiger partial charge in [0.25, 0.3) is 0 Å². The molecule has 0 atom stereocenters. The summed E-state index contributed by atoms with van der Waals surface area (Å²) in [6.45, 7) is 5.27. The Labute approximate surface area is 128 Å². The molecule has 0 spiro atoms. The van der Waals surface area contributed by atoms with E-state index in [9.17, 15) is 18.0 Å². The Morgan fingerprint density at radius 2 is 1.90 bits per heavy atom. The first-order valence-corrected chi connectivity index (χ1v) is 6.75. The molecule has 21 heavy (non-hydrogen) atoms. The second-order valence-corrected chi connectivity index (χ2v) is 6.00. The highest BCUT2D eigenvalue weighted by atomic mass is 79.9. The molecule has 0 fully saturated rings. The van der Waals surface area contributed by atoms with Gasteiger partial charge in [-0.2, -0.15) is 0 Å². The summed E-state index contributed by atoms with van der Waals surface area (Å²) in [6.07, 6.45) is -4.77. The molecular formula is C13H15BrF3NO3. The van der Waals surface area contributed by atoms with Crippen LogP contribution in [0, 0.1) is 0 Å². The second kappa shape index (κ2) is 6.65. The van der Waals surface area contributed by atoms with E-state index in [1.165, 1.54) is 12.1 Å². The van der Waals surface area contributed by atoms with Gasteiger partial charge < -0.3 is 14.8 Å². The third-order valence-corrected chi connectivity index (χ3v) is 2.70. The molecule has 0 aromatic heterocycles. The number of benzene rings is 1. The zero-order chi connectivity index (χ0) is 16.3. The van der Waals surface area contributed by atoms with Crippen molar-refractivity contribution in [2.24, 2.45) is 0 Å². The zero-order valence-corrected chi connectivity index (χ0v) is 13.3. The van der Waals surface area contributed by atoms with Gasteiger partial charge in [-0.25, -0.2) is 0 Å². The van der Waals surface area contributed by atoms with E-state index in [2.05, 4.69) is 26.0 Å². The molecule has 0 saturated carbocycles. The maximum Gasteiger partial charge on any atom is 0.573 e. The predicted octanol–water partition coefficient (Wildman–Crippen LogP) is 4.10. The number of halogens is 4. The smallest absolute Gasteiger partial charge is 0.405 e. The number of alkyl halides is 3. The van der Waals surface area contributed by atoms with Gasteiger partial charge in [-0.05, 0) is 54.9 Å². The lowest BCUT2D eigenvalue weighted by atomic mass is 10.2. The van der Waals surface area contributed by atoms with Crippen molar-refractivity contribution in [1.29, 1.82) is 0 Å². The van der Waals surface area contributed by atoms with Gasteiger partial charge in [0.2, 0.25) is 5.91 Å². The number of hydrogen-bond donors (Lipinski definition) is 1. The van der Waals surface area contributed by atoms with Gasteiger partial charge in [-0.1, -0.05) is 0 Å². The number of amides is 1. The number of ether oxygens (including phenoxy) is 2. The summed E-state index contributed by atoms with van der Waals surface area (Å²) in [5, 5.41) is 2.51. The number of hydrogen-bond acceptors (Lipinski definition) is 3. The Hall–Kier alpha value is -1.28. The summed E-state index contributed by atoms with van der Waals surface area (Å²) in [5.41, 5.74) is -0.124. The van der Waals surface area contributed by atoms with Crippen LogP contribution in [-0.4, -0.2) is 24.5 Å². The number of carbonyl (C=O) groups is 1. The van der Waals surface area contributed by atoms with Crippen LogP contribution in [0.3, 0.4) is 0 Å². The minimum atomic E-state index is -4.77. The lowest BCUT2D eigenvalue weighted by Gasteiger charge is -2.19. The molecule has 1 rings (SSSR count). The van der Waals surface area contributed by atoms with Crippen LogP contribution in [0.2, 0.25) is 0 Å². The summed E-state index contributed by atoms with van der Waals surface area (Å²) in [6, 6.07) is 3.73. The Bertz CT molecular complexity index is 512. The van der Waals surface area contributed by atoms with Crippen LogP contribution >= 0.6 is 15.9 Å². The number of carbonyl (C=O) groups excluding carboxylic acids is 1. The highest BCUT2D eigenvalue weighted by Crippen LogP contribution is 2.32. The average molecular weight is 370 g/mol. The van der Waals surface area contributed by atoms with E-state index in [-0.39, 0.29) is 16.8 Å². The van der Waals surface area contributed by atoms with Crippen molar-refractivity contribution < 1.29 is 27.4 Å². The maximum absolute atomic E-state index is 12.1. The third-order valence-electron chi connectivity index (χ3n) is 2.08. The van der Waals surface area contributed by atoms with E-state index in [1.807, 2.05) is 0 Å². The van der Waals surface area contributed by atoms with Crippen LogP contribution in [0.15, 0.2) is 22.7 Å². The van der Waals surface area contributed by atoms with E-state index in [0.29, 0.717) is 5.69 Å². The van der Waals surface area contributed by atoms with Gasteiger partial charge >= 0.3 is 6.36 Å². The zero-order valence-electron chi connectivity index (χ0n) is 11.7. The molecule has 0 unspecified atom stereocenters. The van der Waals surface area contributed by atoms with E-state index in [1.54, 1.807) is 20.8 Å². The van der Waals surface area contributed by atoms with Crippen molar-refractivity contribution in [3.05, 3.63) is 22.7 Å². The van der Waals surface area contributed by atoms with E-state index < -0.39 is 17.9 Å². The van der Waals surface area contributed by atoms with Crippen LogP contribution in [-0.2, 0) is 9.53 Å². The Morgan fingerprint density at radius 3 is 2.38 bits per heavy atom. The molecule has 0 aliphatic rings. The summed E-state index contributed by atoms with van der Waals surface area (Å²) < 4.78 is 45.5. The molecule has 1 N–H and O–H groups in total. The fraction of sp³-hybridized carbons (Fsp3) is 0.462. The van der Waals surface area contributed by atoms with Crippen molar-refractivity contribution in [2.75, 3.05) is 11.9 Å². The Morgan fingerprint density at radius 1 is 1.29 bits per heavy atom. The van der Waals surface area contributed by atoms with Gasteiger partial charge in [-0.3, -0.25) is 4.79 Å². The van der Waals surface area contributed by atoms with Crippen molar-refractivity contribution >= 4 is 27.5 Å². The standard InChI is InChI=1S/C13H15BrF3NO3/c1-12(2,3)20-7-11(19)18-8-4-5-10(9(14)6-8)21-13(15,16)17/h4-6H,7H2,1-3H3,(H,18,19). The molecule has 1 aromatic carbocycles. The number of nitrogens with one attached hydrogen (secondary N) is 1. The van der Waals surface area contributed by atoms with E-state index >= 15 is 0 Å². The predicted molar refractivity (Wildman–Crippen MR) is 75.2 cm³/mol. The van der Waals surface area contributed by atoms with Crippen LogP contribution in [0.4, 0.5) is 18.9 Å². The molecule has 0 saturated heterocycles. The fourth-order valence-electron chi connectivity index (χ4n) is 1.27. The highest BCUT2D eigenvalue weighted by molar-refractivity contribution is 9.10. The molecule has 8 heteroatoms. The van der Waals surface area contributed by atoms with Crippen molar-refractivity contribution in [3.8, 4) is 5.75 Å². The van der Waals surface area contributed by atoms with Gasteiger partial charge in [0.1, 0.15) is 12.4 Å². The average Bonchev–Trinajstić information content (AvgIpc) is 2.28. The molecule has 0 heterocycles. The first-order valence-electron chi connectivity index (χ1n) is 5.95. The Balaban J connectivity index is 2.65. The molecule has 0 aliphatic carbocycles. The quantitative estimate of drug-likeness (QED) is 0.868. The Kier molecular flexibility index (Phi) is 5.63. The van der Waals surface area contributed by atoms with E-state index in [4.69, 9.17) is 4.74 Å².